The number of hydrogen-bond acceptors (Lipinski definition) is 3. The Morgan fingerprint density at radius 1 is 1.46 bits per heavy atom. The highest BCUT2D eigenvalue weighted by Crippen LogP contribution is 2.46. The maximum Gasteiger partial charge on any atom is 0.233 e. The zero-order valence-corrected chi connectivity index (χ0v) is 8.53. The quantitative estimate of drug-likeness (QED) is 0.553. The standard InChI is InChI=1S/C8H10BrNO3/c9-2-4(11)3-10-7(12)5-1-6(5)8(10)13/h4-6,11H,1-3H2. The SMILES string of the molecule is O=C1C2CC2C(=O)N1CC(O)CBr. The van der Waals surface area contributed by atoms with Gasteiger partial charge in [-0.1, -0.05) is 15.9 Å². The van der Waals surface area contributed by atoms with Crippen molar-refractivity contribution < 1.29 is 14.7 Å². The second kappa shape index (κ2) is 3.06. The molecule has 1 aliphatic carbocycles. The lowest BCUT2D eigenvalue weighted by Crippen LogP contribution is -2.39. The number of carbonyl (C=O) groups excluding carboxylic acids is 2. The van der Waals surface area contributed by atoms with E-state index in [9.17, 15) is 14.7 Å². The normalized spacial score (nSPS) is 33.5. The predicted octanol–water partition coefficient (Wildman–Crippen LogP) is -0.253. The smallest absolute Gasteiger partial charge is 0.233 e. The van der Waals surface area contributed by atoms with Crippen LogP contribution in [0.2, 0.25) is 0 Å². The minimum absolute atomic E-state index is 0.0602. The highest BCUT2D eigenvalue weighted by Gasteiger charge is 2.58. The van der Waals surface area contributed by atoms with Gasteiger partial charge in [-0.2, -0.15) is 0 Å². The summed E-state index contributed by atoms with van der Waals surface area (Å²) in [7, 11) is 0. The van der Waals surface area contributed by atoms with Gasteiger partial charge in [-0.15, -0.1) is 0 Å². The monoisotopic (exact) mass is 247 g/mol. The Labute approximate surface area is 84.0 Å². The number of β-amino-alcohol motifs (C(OH)–C–C–N with tert-alkyl or cyclic N) is 1. The number of likely N-dealkylation sites (tertiary alicyclic amines) is 1. The highest BCUT2D eigenvalue weighted by atomic mass is 79.9. The van der Waals surface area contributed by atoms with Crippen molar-refractivity contribution in [2.45, 2.75) is 12.5 Å². The van der Waals surface area contributed by atoms with Gasteiger partial charge in [-0.05, 0) is 6.42 Å². The van der Waals surface area contributed by atoms with Crippen LogP contribution in [0.25, 0.3) is 0 Å². The lowest BCUT2D eigenvalue weighted by atomic mass is 10.3. The number of fused-ring (bicyclic) bond motifs is 1. The first-order valence-electron chi connectivity index (χ1n) is 4.24. The van der Waals surface area contributed by atoms with Crippen LogP contribution in [0.5, 0.6) is 0 Å². The molecular formula is C8H10BrNO3. The molecule has 3 atom stereocenters. The van der Waals surface area contributed by atoms with Gasteiger partial charge >= 0.3 is 0 Å². The molecule has 1 saturated heterocycles. The Kier molecular flexibility index (Phi) is 2.15. The maximum atomic E-state index is 11.4. The van der Waals surface area contributed by atoms with Gasteiger partial charge in [0.25, 0.3) is 0 Å². The molecule has 2 rings (SSSR count). The number of aliphatic hydroxyl groups excluding tert-OH is 1. The second-order valence-corrected chi connectivity index (χ2v) is 4.19. The molecule has 0 bridgehead atoms. The summed E-state index contributed by atoms with van der Waals surface area (Å²) in [5.74, 6) is -0.324. The van der Waals surface area contributed by atoms with Crippen molar-refractivity contribution >= 4 is 27.7 Å². The molecule has 0 aromatic heterocycles. The number of imide groups is 1. The number of rotatable bonds is 3. The minimum atomic E-state index is -0.648. The topological polar surface area (TPSA) is 57.6 Å². The van der Waals surface area contributed by atoms with E-state index in [0.717, 1.165) is 6.42 Å². The lowest BCUT2D eigenvalue weighted by molar-refractivity contribution is -0.142. The van der Waals surface area contributed by atoms with E-state index in [0.29, 0.717) is 5.33 Å². The first-order chi connectivity index (χ1) is 6.15. The van der Waals surface area contributed by atoms with E-state index in [2.05, 4.69) is 15.9 Å². The summed E-state index contributed by atoms with van der Waals surface area (Å²) in [5.41, 5.74) is 0. The molecule has 0 aromatic carbocycles. The first kappa shape index (κ1) is 9.15. The molecule has 0 aromatic rings. The van der Waals surface area contributed by atoms with Crippen molar-refractivity contribution in [2.75, 3.05) is 11.9 Å². The van der Waals surface area contributed by atoms with Gasteiger partial charge in [0.2, 0.25) is 11.8 Å². The summed E-state index contributed by atoms with van der Waals surface area (Å²) in [4.78, 5) is 24.0. The number of nitrogens with zero attached hydrogens (tertiary/aromatic N) is 1. The zero-order chi connectivity index (χ0) is 9.59. The number of piperidine rings is 1. The predicted molar refractivity (Wildman–Crippen MR) is 48.1 cm³/mol. The van der Waals surface area contributed by atoms with Gasteiger partial charge in [0.05, 0.1) is 24.5 Å². The summed E-state index contributed by atoms with van der Waals surface area (Å²) >= 11 is 3.09. The summed E-state index contributed by atoms with van der Waals surface area (Å²) in [6.07, 6.45) is 0.0730. The van der Waals surface area contributed by atoms with Crippen LogP contribution in [0.15, 0.2) is 0 Å². The van der Waals surface area contributed by atoms with E-state index >= 15 is 0 Å². The third-order valence-corrected chi connectivity index (χ3v) is 3.28. The van der Waals surface area contributed by atoms with Crippen LogP contribution in [0.1, 0.15) is 6.42 Å². The summed E-state index contributed by atoms with van der Waals surface area (Å²) < 4.78 is 0. The summed E-state index contributed by atoms with van der Waals surface area (Å²) in [6, 6.07) is 0. The fourth-order valence-electron chi connectivity index (χ4n) is 1.69. The van der Waals surface area contributed by atoms with Crippen LogP contribution in [0, 0.1) is 11.8 Å². The average Bonchev–Trinajstić information content (AvgIpc) is 2.86. The van der Waals surface area contributed by atoms with Crippen LogP contribution < -0.4 is 0 Å². The van der Waals surface area contributed by atoms with E-state index in [1.54, 1.807) is 0 Å². The molecule has 5 heteroatoms. The van der Waals surface area contributed by atoms with Gasteiger partial charge < -0.3 is 5.11 Å². The number of aliphatic hydroxyl groups is 1. The molecular weight excluding hydrogens is 238 g/mol. The Morgan fingerprint density at radius 3 is 2.46 bits per heavy atom. The Morgan fingerprint density at radius 2 is 2.00 bits per heavy atom. The molecule has 4 nitrogen and oxygen atoms in total. The van der Waals surface area contributed by atoms with Crippen LogP contribution in [0.4, 0.5) is 0 Å². The molecule has 1 heterocycles. The lowest BCUT2D eigenvalue weighted by Gasteiger charge is -2.18. The third kappa shape index (κ3) is 1.40. The summed E-state index contributed by atoms with van der Waals surface area (Å²) in [6.45, 7) is 0.135. The number of alkyl halides is 1. The van der Waals surface area contributed by atoms with E-state index in [1.165, 1.54) is 4.90 Å². The van der Waals surface area contributed by atoms with Crippen LogP contribution in [0.3, 0.4) is 0 Å². The van der Waals surface area contributed by atoms with E-state index in [-0.39, 0.29) is 30.2 Å². The van der Waals surface area contributed by atoms with Gasteiger partial charge in [-0.25, -0.2) is 0 Å². The summed E-state index contributed by atoms with van der Waals surface area (Å²) in [5, 5.41) is 9.65. The number of hydrogen-bond donors (Lipinski definition) is 1. The van der Waals surface area contributed by atoms with Crippen molar-refractivity contribution in [3.63, 3.8) is 0 Å². The van der Waals surface area contributed by atoms with Gasteiger partial charge in [0, 0.05) is 5.33 Å². The van der Waals surface area contributed by atoms with Crippen LogP contribution in [-0.2, 0) is 9.59 Å². The van der Waals surface area contributed by atoms with Crippen molar-refractivity contribution in [1.29, 1.82) is 0 Å². The second-order valence-electron chi connectivity index (χ2n) is 3.54. The molecule has 1 aliphatic heterocycles. The third-order valence-electron chi connectivity index (χ3n) is 2.53. The highest BCUT2D eigenvalue weighted by molar-refractivity contribution is 9.09. The number of amides is 2. The van der Waals surface area contributed by atoms with Crippen LogP contribution in [-0.4, -0.2) is 39.8 Å². The Bertz CT molecular complexity index is 248. The van der Waals surface area contributed by atoms with E-state index < -0.39 is 6.10 Å². The molecule has 2 fully saturated rings. The minimum Gasteiger partial charge on any atom is -0.390 e. The maximum absolute atomic E-state index is 11.4. The number of carbonyl (C=O) groups is 2. The van der Waals surface area contributed by atoms with E-state index in [4.69, 9.17) is 0 Å². The van der Waals surface area contributed by atoms with Crippen molar-refractivity contribution in [3.8, 4) is 0 Å². The average molecular weight is 248 g/mol. The zero-order valence-electron chi connectivity index (χ0n) is 6.94. The molecule has 2 amide bonds. The Balaban J connectivity index is 2.00. The fraction of sp³-hybridized carbons (Fsp3) is 0.750. The van der Waals surface area contributed by atoms with Gasteiger partial charge in [0.15, 0.2) is 0 Å². The molecule has 2 aliphatic rings. The first-order valence-corrected chi connectivity index (χ1v) is 5.36. The van der Waals surface area contributed by atoms with Crippen molar-refractivity contribution in [1.82, 2.24) is 4.90 Å². The van der Waals surface area contributed by atoms with Crippen molar-refractivity contribution in [2.24, 2.45) is 11.8 Å². The molecule has 0 spiro atoms. The van der Waals surface area contributed by atoms with Crippen molar-refractivity contribution in [3.05, 3.63) is 0 Å². The fourth-order valence-corrected chi connectivity index (χ4v) is 1.89. The van der Waals surface area contributed by atoms with Gasteiger partial charge in [0.1, 0.15) is 0 Å². The molecule has 0 radical (unpaired) electrons. The molecule has 1 N–H and O–H groups in total. The van der Waals surface area contributed by atoms with E-state index in [1.807, 2.05) is 0 Å². The molecule has 13 heavy (non-hydrogen) atoms. The molecule has 3 unspecified atom stereocenters. The molecule has 72 valence electrons. The molecule has 1 saturated carbocycles. The number of halogens is 1. The van der Waals surface area contributed by atoms with Crippen LogP contribution >= 0.6 is 15.9 Å². The Hall–Kier alpha value is -0.420. The van der Waals surface area contributed by atoms with Gasteiger partial charge in [-0.3, -0.25) is 14.5 Å². The largest absolute Gasteiger partial charge is 0.390 e.